The highest BCUT2D eigenvalue weighted by molar-refractivity contribution is 9.10. The van der Waals surface area contributed by atoms with E-state index in [2.05, 4.69) is 15.9 Å². The van der Waals surface area contributed by atoms with Gasteiger partial charge in [-0.05, 0) is 51.0 Å². The number of halogens is 2. The Morgan fingerprint density at radius 2 is 1.40 bits per heavy atom. The monoisotopic (exact) mass is 346 g/mol. The number of fused-ring (bicyclic) bond motifs is 3. The van der Waals surface area contributed by atoms with Gasteiger partial charge in [-0.15, -0.1) is 0 Å². The van der Waals surface area contributed by atoms with Crippen LogP contribution in [-0.2, 0) is 0 Å². The van der Waals surface area contributed by atoms with Crippen LogP contribution in [0.3, 0.4) is 0 Å². The molecule has 1 aliphatic heterocycles. The quantitative estimate of drug-likeness (QED) is 0.379. The first-order valence-electron chi connectivity index (χ1n) is 6.09. The van der Waals surface area contributed by atoms with Crippen molar-refractivity contribution in [3.8, 4) is 23.0 Å². The Hall–Kier alpha value is -1.71. The van der Waals surface area contributed by atoms with E-state index in [9.17, 15) is 0 Å². The van der Waals surface area contributed by atoms with Gasteiger partial charge in [0.15, 0.2) is 23.0 Å². The number of ether oxygens (including phenoxy) is 2. The minimum absolute atomic E-state index is 0.530. The van der Waals surface area contributed by atoms with Crippen molar-refractivity contribution in [1.29, 1.82) is 0 Å². The number of rotatable bonds is 0. The van der Waals surface area contributed by atoms with E-state index >= 15 is 0 Å². The number of hydrogen-bond donors (Lipinski definition) is 0. The van der Waals surface area contributed by atoms with Crippen LogP contribution in [-0.4, -0.2) is 0 Å². The Balaban J connectivity index is 1.94. The van der Waals surface area contributed by atoms with Gasteiger partial charge in [-0.3, -0.25) is 0 Å². The van der Waals surface area contributed by atoms with Gasteiger partial charge >= 0.3 is 0 Å². The van der Waals surface area contributed by atoms with Gasteiger partial charge < -0.3 is 9.47 Å². The third kappa shape index (κ3) is 1.78. The molecule has 1 heterocycles. The maximum absolute atomic E-state index is 6.17. The number of benzene rings is 3. The Morgan fingerprint density at radius 1 is 0.800 bits per heavy atom. The molecule has 0 saturated carbocycles. The summed E-state index contributed by atoms with van der Waals surface area (Å²) in [5, 5.41) is 2.74. The maximum Gasteiger partial charge on any atom is 0.189 e. The smallest absolute Gasteiger partial charge is 0.189 e. The second kappa shape index (κ2) is 4.40. The van der Waals surface area contributed by atoms with Crippen molar-refractivity contribution in [3.63, 3.8) is 0 Å². The average molecular weight is 348 g/mol. The van der Waals surface area contributed by atoms with Gasteiger partial charge in [0.25, 0.3) is 0 Å². The maximum atomic E-state index is 6.17. The second-order valence-corrected chi connectivity index (χ2v) is 5.80. The topological polar surface area (TPSA) is 18.5 Å². The fourth-order valence-electron chi connectivity index (χ4n) is 2.28. The molecule has 0 unspecified atom stereocenters. The average Bonchev–Trinajstić information content (AvgIpc) is 2.47. The van der Waals surface area contributed by atoms with Crippen LogP contribution in [0.5, 0.6) is 23.0 Å². The van der Waals surface area contributed by atoms with Gasteiger partial charge in [0, 0.05) is 0 Å². The third-order valence-electron chi connectivity index (χ3n) is 3.25. The van der Waals surface area contributed by atoms with Crippen LogP contribution in [0.15, 0.2) is 53.0 Å². The summed E-state index contributed by atoms with van der Waals surface area (Å²) in [7, 11) is 0. The fourth-order valence-corrected chi connectivity index (χ4v) is 2.86. The molecule has 0 N–H and O–H groups in total. The predicted octanol–water partition coefficient (Wildman–Crippen LogP) is 6.15. The number of hydrogen-bond acceptors (Lipinski definition) is 2. The highest BCUT2D eigenvalue weighted by Gasteiger charge is 2.24. The van der Waals surface area contributed by atoms with Gasteiger partial charge in [-0.1, -0.05) is 35.9 Å². The molecule has 0 spiro atoms. The van der Waals surface area contributed by atoms with Gasteiger partial charge in [-0.25, -0.2) is 0 Å². The molecule has 3 aromatic rings. The molecule has 0 fully saturated rings. The van der Waals surface area contributed by atoms with Crippen LogP contribution < -0.4 is 9.47 Å². The zero-order valence-electron chi connectivity index (χ0n) is 10.2. The fraction of sp³-hybridized carbons (Fsp3) is 0. The molecule has 0 saturated heterocycles. The van der Waals surface area contributed by atoms with E-state index in [1.807, 2.05) is 42.5 Å². The molecule has 4 heteroatoms. The summed E-state index contributed by atoms with van der Waals surface area (Å²) in [6, 6.07) is 15.6. The highest BCUT2D eigenvalue weighted by Crippen LogP contribution is 2.52. The van der Waals surface area contributed by atoms with Crippen LogP contribution in [0.25, 0.3) is 10.8 Å². The third-order valence-corrected chi connectivity index (χ3v) is 4.17. The first-order valence-corrected chi connectivity index (χ1v) is 7.26. The summed E-state index contributed by atoms with van der Waals surface area (Å²) >= 11 is 9.63. The van der Waals surface area contributed by atoms with Crippen molar-refractivity contribution >= 4 is 38.3 Å². The Labute approximate surface area is 129 Å². The van der Waals surface area contributed by atoms with Crippen molar-refractivity contribution in [1.82, 2.24) is 0 Å². The minimum Gasteiger partial charge on any atom is -0.448 e. The van der Waals surface area contributed by atoms with Gasteiger partial charge in [0.05, 0.1) is 9.50 Å². The lowest BCUT2D eigenvalue weighted by Crippen LogP contribution is -2.00. The summed E-state index contributed by atoms with van der Waals surface area (Å²) in [6.07, 6.45) is 0. The van der Waals surface area contributed by atoms with Crippen molar-refractivity contribution in [2.75, 3.05) is 0 Å². The summed E-state index contributed by atoms with van der Waals surface area (Å²) < 4.78 is 12.7. The van der Waals surface area contributed by atoms with Gasteiger partial charge in [0.1, 0.15) is 0 Å². The van der Waals surface area contributed by atoms with E-state index in [0.29, 0.717) is 28.0 Å². The van der Waals surface area contributed by atoms with Gasteiger partial charge in [0.2, 0.25) is 0 Å². The normalized spacial score (nSPS) is 12.3. The van der Waals surface area contributed by atoms with Crippen molar-refractivity contribution in [2.24, 2.45) is 0 Å². The first kappa shape index (κ1) is 12.1. The molecule has 2 nitrogen and oxygen atoms in total. The molecule has 1 aliphatic rings. The second-order valence-electron chi connectivity index (χ2n) is 4.54. The predicted molar refractivity (Wildman–Crippen MR) is 83.2 cm³/mol. The van der Waals surface area contributed by atoms with E-state index in [1.165, 1.54) is 0 Å². The minimum atomic E-state index is 0.530. The molecule has 20 heavy (non-hydrogen) atoms. The van der Waals surface area contributed by atoms with Crippen LogP contribution >= 0.6 is 27.5 Å². The lowest BCUT2D eigenvalue weighted by Gasteiger charge is -2.22. The molecule has 0 amide bonds. The van der Waals surface area contributed by atoms with Crippen LogP contribution in [0.4, 0.5) is 0 Å². The highest BCUT2D eigenvalue weighted by atomic mass is 79.9. The Bertz CT molecular complexity index is 776. The zero-order valence-corrected chi connectivity index (χ0v) is 12.5. The molecule has 0 bridgehead atoms. The lowest BCUT2D eigenvalue weighted by molar-refractivity contribution is 0.359. The SMILES string of the molecule is Clc1ccc(Br)c2c1Oc1cc3ccccc3cc1O2. The van der Waals surface area contributed by atoms with Crippen LogP contribution in [0.1, 0.15) is 0 Å². The Kier molecular flexibility index (Phi) is 2.65. The van der Waals surface area contributed by atoms with Crippen LogP contribution in [0.2, 0.25) is 5.02 Å². The largest absolute Gasteiger partial charge is 0.448 e. The molecule has 0 aliphatic carbocycles. The van der Waals surface area contributed by atoms with Crippen molar-refractivity contribution in [2.45, 2.75) is 0 Å². The van der Waals surface area contributed by atoms with E-state index in [0.717, 1.165) is 15.2 Å². The molecule has 4 rings (SSSR count). The van der Waals surface area contributed by atoms with Gasteiger partial charge in [-0.2, -0.15) is 0 Å². The molecule has 0 atom stereocenters. The molecule has 3 aromatic carbocycles. The summed E-state index contributed by atoms with van der Waals surface area (Å²) in [5.74, 6) is 2.53. The molecule has 0 radical (unpaired) electrons. The van der Waals surface area contributed by atoms with Crippen LogP contribution in [0, 0.1) is 0 Å². The van der Waals surface area contributed by atoms with E-state index < -0.39 is 0 Å². The zero-order chi connectivity index (χ0) is 13.7. The van der Waals surface area contributed by atoms with Crippen molar-refractivity contribution < 1.29 is 9.47 Å². The molecule has 98 valence electrons. The van der Waals surface area contributed by atoms with E-state index in [1.54, 1.807) is 6.07 Å². The molecule has 0 aromatic heterocycles. The Morgan fingerprint density at radius 3 is 2.05 bits per heavy atom. The summed E-state index contributed by atoms with van der Waals surface area (Å²) in [6.45, 7) is 0. The van der Waals surface area contributed by atoms with E-state index in [4.69, 9.17) is 21.1 Å². The lowest BCUT2D eigenvalue weighted by atomic mass is 10.1. The first-order chi connectivity index (χ1) is 9.72. The van der Waals surface area contributed by atoms with E-state index in [-0.39, 0.29) is 0 Å². The van der Waals surface area contributed by atoms with Crippen molar-refractivity contribution in [3.05, 3.63) is 58.0 Å². The summed E-state index contributed by atoms with van der Waals surface area (Å²) in [5.41, 5.74) is 0. The molecular formula is C16H8BrClO2. The molecular weight excluding hydrogens is 340 g/mol. The standard InChI is InChI=1S/C16H8BrClO2/c17-11-5-6-12(18)16-15(11)19-13-7-9-3-1-2-4-10(9)8-14(13)20-16/h1-8H. The summed E-state index contributed by atoms with van der Waals surface area (Å²) in [4.78, 5) is 0.